The summed E-state index contributed by atoms with van der Waals surface area (Å²) in [6.45, 7) is 1.50. The van der Waals surface area contributed by atoms with E-state index >= 15 is 0 Å². The molecule has 4 heteroatoms. The van der Waals surface area contributed by atoms with Crippen LogP contribution in [-0.4, -0.2) is 17.2 Å². The first-order valence-corrected chi connectivity index (χ1v) is 6.19. The van der Waals surface area contributed by atoms with Crippen molar-refractivity contribution in [2.75, 3.05) is 0 Å². The van der Waals surface area contributed by atoms with Gasteiger partial charge in [0.05, 0.1) is 0 Å². The predicted octanol–water partition coefficient (Wildman–Crippen LogP) is 3.86. The molecule has 0 radical (unpaired) electrons. The van der Waals surface area contributed by atoms with Gasteiger partial charge in [-0.1, -0.05) is 35.9 Å². The first kappa shape index (κ1) is 13.4. The summed E-state index contributed by atoms with van der Waals surface area (Å²) >= 11 is 5.84. The van der Waals surface area contributed by atoms with Gasteiger partial charge in [-0.2, -0.15) is 0 Å². The van der Waals surface area contributed by atoms with Crippen molar-refractivity contribution in [1.29, 1.82) is 0 Å². The van der Waals surface area contributed by atoms with Gasteiger partial charge >= 0.3 is 5.97 Å². The number of benzene rings is 2. The lowest BCUT2D eigenvalue weighted by Gasteiger charge is -2.11. The van der Waals surface area contributed by atoms with E-state index in [1.165, 1.54) is 6.92 Å². The normalized spacial score (nSPS) is 11.9. The smallest absolute Gasteiger partial charge is 0.344 e. The minimum atomic E-state index is -0.989. The maximum Gasteiger partial charge on any atom is 0.344 e. The second-order valence-electron chi connectivity index (χ2n) is 4.13. The maximum atomic E-state index is 10.8. The van der Waals surface area contributed by atoms with Crippen LogP contribution in [0.4, 0.5) is 0 Å². The average molecular weight is 277 g/mol. The molecule has 3 nitrogen and oxygen atoms in total. The Bertz CT molecular complexity index is 578. The van der Waals surface area contributed by atoms with Crippen molar-refractivity contribution < 1.29 is 14.6 Å². The summed E-state index contributed by atoms with van der Waals surface area (Å²) in [5, 5.41) is 9.50. The van der Waals surface area contributed by atoms with E-state index in [2.05, 4.69) is 0 Å². The lowest BCUT2D eigenvalue weighted by molar-refractivity contribution is -0.144. The Morgan fingerprint density at radius 2 is 1.84 bits per heavy atom. The average Bonchev–Trinajstić information content (AvgIpc) is 2.39. The molecule has 2 rings (SSSR count). The highest BCUT2D eigenvalue weighted by molar-refractivity contribution is 6.30. The lowest BCUT2D eigenvalue weighted by atomic mass is 10.1. The van der Waals surface area contributed by atoms with Crippen LogP contribution in [0.2, 0.25) is 5.02 Å². The monoisotopic (exact) mass is 276 g/mol. The molecule has 0 saturated heterocycles. The lowest BCUT2D eigenvalue weighted by Crippen LogP contribution is -2.22. The summed E-state index contributed by atoms with van der Waals surface area (Å²) in [7, 11) is 0. The highest BCUT2D eigenvalue weighted by Crippen LogP contribution is 2.25. The predicted molar refractivity (Wildman–Crippen MR) is 74.6 cm³/mol. The number of carboxylic acid groups (broad SMARTS) is 1. The van der Waals surface area contributed by atoms with Crippen LogP contribution in [0.25, 0.3) is 11.1 Å². The quantitative estimate of drug-likeness (QED) is 0.922. The molecule has 2 aromatic carbocycles. The van der Waals surface area contributed by atoms with Crippen LogP contribution >= 0.6 is 11.6 Å². The van der Waals surface area contributed by atoms with Gasteiger partial charge in [0.25, 0.3) is 0 Å². The molecule has 0 aromatic heterocycles. The van der Waals surface area contributed by atoms with Crippen LogP contribution in [0.1, 0.15) is 6.92 Å². The summed E-state index contributed by atoms with van der Waals surface area (Å²) in [5.41, 5.74) is 1.95. The summed E-state index contributed by atoms with van der Waals surface area (Å²) < 4.78 is 5.34. The Balaban J connectivity index is 2.24. The van der Waals surface area contributed by atoms with Crippen molar-refractivity contribution in [3.63, 3.8) is 0 Å². The SMILES string of the molecule is CC(Oc1cccc(-c2ccc(Cl)cc2)c1)C(=O)O. The fourth-order valence-corrected chi connectivity index (χ4v) is 1.77. The Hall–Kier alpha value is -2.00. The summed E-state index contributed by atoms with van der Waals surface area (Å²) in [5.74, 6) is -0.459. The van der Waals surface area contributed by atoms with E-state index < -0.39 is 12.1 Å². The number of ether oxygens (including phenoxy) is 1. The number of halogens is 1. The van der Waals surface area contributed by atoms with Crippen LogP contribution in [0.15, 0.2) is 48.5 Å². The number of hydrogen-bond acceptors (Lipinski definition) is 2. The molecule has 1 atom stereocenters. The standard InChI is InChI=1S/C15H13ClO3/c1-10(15(17)18)19-14-4-2-3-12(9-14)11-5-7-13(16)8-6-11/h2-10H,1H3,(H,17,18). The Labute approximate surface area is 116 Å². The molecule has 0 bridgehead atoms. The molecule has 0 fully saturated rings. The highest BCUT2D eigenvalue weighted by Gasteiger charge is 2.12. The molecule has 0 aliphatic rings. The van der Waals surface area contributed by atoms with Crippen molar-refractivity contribution >= 4 is 17.6 Å². The van der Waals surface area contributed by atoms with E-state index in [1.54, 1.807) is 6.07 Å². The van der Waals surface area contributed by atoms with Crippen LogP contribution < -0.4 is 4.74 Å². The zero-order valence-electron chi connectivity index (χ0n) is 10.3. The van der Waals surface area contributed by atoms with Gasteiger partial charge in [0, 0.05) is 5.02 Å². The van der Waals surface area contributed by atoms with Crippen LogP contribution in [-0.2, 0) is 4.79 Å². The van der Waals surface area contributed by atoms with E-state index in [1.807, 2.05) is 42.5 Å². The summed E-state index contributed by atoms with van der Waals surface area (Å²) in [4.78, 5) is 10.8. The molecule has 0 aliphatic heterocycles. The molecule has 2 aromatic rings. The molecule has 0 aliphatic carbocycles. The molecule has 0 saturated carbocycles. The molecule has 1 N–H and O–H groups in total. The Morgan fingerprint density at radius 1 is 1.16 bits per heavy atom. The Kier molecular flexibility index (Phi) is 4.07. The third kappa shape index (κ3) is 3.48. The van der Waals surface area contributed by atoms with Gasteiger partial charge < -0.3 is 9.84 Å². The van der Waals surface area contributed by atoms with Gasteiger partial charge in [0.2, 0.25) is 0 Å². The van der Waals surface area contributed by atoms with Crippen LogP contribution in [0.5, 0.6) is 5.75 Å². The highest BCUT2D eigenvalue weighted by atomic mass is 35.5. The van der Waals surface area contributed by atoms with E-state index in [-0.39, 0.29) is 0 Å². The molecule has 0 heterocycles. The third-order valence-electron chi connectivity index (χ3n) is 2.67. The topological polar surface area (TPSA) is 46.5 Å². The van der Waals surface area contributed by atoms with E-state index in [0.29, 0.717) is 10.8 Å². The zero-order chi connectivity index (χ0) is 13.8. The van der Waals surface area contributed by atoms with Gasteiger partial charge in [-0.25, -0.2) is 4.79 Å². The van der Waals surface area contributed by atoms with Gasteiger partial charge in [0.15, 0.2) is 6.10 Å². The first-order chi connectivity index (χ1) is 9.06. The fraction of sp³-hybridized carbons (Fsp3) is 0.133. The van der Waals surface area contributed by atoms with E-state index in [4.69, 9.17) is 21.4 Å². The number of hydrogen-bond donors (Lipinski definition) is 1. The first-order valence-electron chi connectivity index (χ1n) is 5.82. The maximum absolute atomic E-state index is 10.8. The largest absolute Gasteiger partial charge is 0.479 e. The second kappa shape index (κ2) is 5.76. The summed E-state index contributed by atoms with van der Waals surface area (Å²) in [6.07, 6.45) is -0.875. The molecule has 0 amide bonds. The van der Waals surface area contributed by atoms with Gasteiger partial charge in [0.1, 0.15) is 5.75 Å². The number of rotatable bonds is 4. The fourth-order valence-electron chi connectivity index (χ4n) is 1.65. The number of carboxylic acids is 1. The third-order valence-corrected chi connectivity index (χ3v) is 2.92. The van der Waals surface area contributed by atoms with E-state index in [9.17, 15) is 4.79 Å². The van der Waals surface area contributed by atoms with Crippen molar-refractivity contribution in [3.8, 4) is 16.9 Å². The molecule has 1 unspecified atom stereocenters. The van der Waals surface area contributed by atoms with E-state index in [0.717, 1.165) is 11.1 Å². The number of aliphatic carboxylic acids is 1. The van der Waals surface area contributed by atoms with Gasteiger partial charge in [-0.15, -0.1) is 0 Å². The van der Waals surface area contributed by atoms with Gasteiger partial charge in [-0.3, -0.25) is 0 Å². The summed E-state index contributed by atoms with van der Waals surface area (Å²) in [6, 6.07) is 14.7. The second-order valence-corrected chi connectivity index (χ2v) is 4.57. The van der Waals surface area contributed by atoms with Crippen LogP contribution in [0.3, 0.4) is 0 Å². The molecule has 0 spiro atoms. The minimum Gasteiger partial charge on any atom is -0.479 e. The minimum absolute atomic E-state index is 0.530. The van der Waals surface area contributed by atoms with Crippen molar-refractivity contribution in [2.45, 2.75) is 13.0 Å². The molecular formula is C15H13ClO3. The van der Waals surface area contributed by atoms with Crippen molar-refractivity contribution in [3.05, 3.63) is 53.6 Å². The number of carbonyl (C=O) groups is 1. The molecule has 19 heavy (non-hydrogen) atoms. The van der Waals surface area contributed by atoms with Crippen LogP contribution in [0, 0.1) is 0 Å². The molecule has 98 valence electrons. The Morgan fingerprint density at radius 3 is 2.47 bits per heavy atom. The van der Waals surface area contributed by atoms with Crippen molar-refractivity contribution in [1.82, 2.24) is 0 Å². The zero-order valence-corrected chi connectivity index (χ0v) is 11.1. The van der Waals surface area contributed by atoms with Crippen molar-refractivity contribution in [2.24, 2.45) is 0 Å². The molecular weight excluding hydrogens is 264 g/mol. The van der Waals surface area contributed by atoms with Gasteiger partial charge in [-0.05, 0) is 42.3 Å².